The Labute approximate surface area is 62.6 Å². The van der Waals surface area contributed by atoms with Gasteiger partial charge in [-0.2, -0.15) is 0 Å². The molecule has 0 radical (unpaired) electrons. The average molecular weight is 140 g/mol. The Hall–Kier alpha value is -0.790. The highest BCUT2D eigenvalue weighted by atomic mass is 14.7. The van der Waals surface area contributed by atoms with Crippen LogP contribution < -0.4 is 5.73 Å². The van der Waals surface area contributed by atoms with Gasteiger partial charge in [0.15, 0.2) is 0 Å². The molecule has 0 bridgehead atoms. The molecule has 0 aliphatic rings. The molecule has 10 heavy (non-hydrogen) atoms. The van der Waals surface area contributed by atoms with Crippen LogP contribution >= 0.6 is 0 Å². The number of allylic oxidation sites excluding steroid dienone is 1. The van der Waals surface area contributed by atoms with Crippen LogP contribution in [0.25, 0.3) is 0 Å². The topological polar surface area (TPSA) is 49.9 Å². The van der Waals surface area contributed by atoms with Crippen molar-refractivity contribution in [3.05, 3.63) is 11.6 Å². The van der Waals surface area contributed by atoms with Crippen LogP contribution in [-0.4, -0.2) is 5.84 Å². The molecule has 0 saturated heterocycles. The highest BCUT2D eigenvalue weighted by Crippen LogP contribution is 2.04. The largest absolute Gasteiger partial charge is 0.384 e. The summed E-state index contributed by atoms with van der Waals surface area (Å²) in [4.78, 5) is 0. The number of rotatable bonds is 4. The first-order chi connectivity index (χ1) is 4.72. The van der Waals surface area contributed by atoms with Crippen molar-refractivity contribution in [1.82, 2.24) is 0 Å². The van der Waals surface area contributed by atoms with E-state index in [2.05, 4.69) is 13.8 Å². The summed E-state index contributed by atoms with van der Waals surface area (Å²) < 4.78 is 0. The zero-order valence-electron chi connectivity index (χ0n) is 6.78. The number of hydrogen-bond donors (Lipinski definition) is 2. The van der Waals surface area contributed by atoms with E-state index in [0.29, 0.717) is 0 Å². The van der Waals surface area contributed by atoms with Crippen molar-refractivity contribution in [1.29, 1.82) is 5.41 Å². The van der Waals surface area contributed by atoms with Crippen molar-refractivity contribution in [3.8, 4) is 0 Å². The first-order valence-corrected chi connectivity index (χ1v) is 3.75. The molecular weight excluding hydrogens is 124 g/mol. The molecule has 0 aromatic rings. The van der Waals surface area contributed by atoms with Gasteiger partial charge in [-0.25, -0.2) is 0 Å². The Morgan fingerprint density at radius 3 is 2.40 bits per heavy atom. The molecule has 0 aromatic carbocycles. The third kappa shape index (κ3) is 3.28. The van der Waals surface area contributed by atoms with Gasteiger partial charge in [-0.05, 0) is 18.4 Å². The molecule has 3 N–H and O–H groups in total. The smallest absolute Gasteiger partial charge is 0.118 e. The zero-order valence-corrected chi connectivity index (χ0v) is 6.78. The molecule has 58 valence electrons. The Balaban J connectivity index is 3.98. The van der Waals surface area contributed by atoms with Gasteiger partial charge < -0.3 is 5.73 Å². The lowest BCUT2D eigenvalue weighted by atomic mass is 10.1. The normalized spacial score (nSPS) is 11.6. The summed E-state index contributed by atoms with van der Waals surface area (Å²) in [6.45, 7) is 4.14. The number of amidine groups is 1. The Morgan fingerprint density at radius 1 is 1.50 bits per heavy atom. The maximum Gasteiger partial charge on any atom is 0.118 e. The molecule has 2 nitrogen and oxygen atoms in total. The minimum Gasteiger partial charge on any atom is -0.384 e. The van der Waals surface area contributed by atoms with Gasteiger partial charge in [-0.15, -0.1) is 0 Å². The predicted molar refractivity (Wildman–Crippen MR) is 45.2 cm³/mol. The predicted octanol–water partition coefficient (Wildman–Crippen LogP) is 2.06. The van der Waals surface area contributed by atoms with Crippen LogP contribution in [0.1, 0.15) is 33.1 Å². The quantitative estimate of drug-likeness (QED) is 0.455. The van der Waals surface area contributed by atoms with Gasteiger partial charge in [0.2, 0.25) is 0 Å². The van der Waals surface area contributed by atoms with Crippen LogP contribution in [0.5, 0.6) is 0 Å². The van der Waals surface area contributed by atoms with E-state index < -0.39 is 0 Å². The minimum atomic E-state index is 0.226. The standard InChI is InChI=1S/C8H16N2/c1-3-5-7(6-4-2)8(9)10/h5H,3-4,6H2,1-2H3,(H3,9,10)/b7-5+. The van der Waals surface area contributed by atoms with Gasteiger partial charge >= 0.3 is 0 Å². The van der Waals surface area contributed by atoms with E-state index in [-0.39, 0.29) is 5.84 Å². The molecule has 0 heterocycles. The van der Waals surface area contributed by atoms with E-state index in [4.69, 9.17) is 11.1 Å². The summed E-state index contributed by atoms with van der Waals surface area (Å²) >= 11 is 0. The van der Waals surface area contributed by atoms with E-state index in [1.54, 1.807) is 0 Å². The van der Waals surface area contributed by atoms with Crippen molar-refractivity contribution >= 4 is 5.84 Å². The summed E-state index contributed by atoms with van der Waals surface area (Å²) in [6.07, 6.45) is 4.98. The van der Waals surface area contributed by atoms with Gasteiger partial charge in [0.05, 0.1) is 0 Å². The number of hydrogen-bond acceptors (Lipinski definition) is 1. The summed E-state index contributed by atoms with van der Waals surface area (Å²) in [5.74, 6) is 0.226. The number of nitrogens with one attached hydrogen (secondary N) is 1. The second-order valence-corrected chi connectivity index (χ2v) is 2.30. The molecule has 0 aromatic heterocycles. The Kier molecular flexibility index (Phi) is 4.63. The fourth-order valence-corrected chi connectivity index (χ4v) is 0.862. The molecular formula is C8H16N2. The Bertz CT molecular complexity index is 136. The van der Waals surface area contributed by atoms with Crippen LogP contribution in [0.3, 0.4) is 0 Å². The average Bonchev–Trinajstić information content (AvgIpc) is 1.87. The SMILES string of the molecule is CC/C=C(\CCC)C(=N)N. The van der Waals surface area contributed by atoms with Crippen molar-refractivity contribution in [2.24, 2.45) is 5.73 Å². The third-order valence-electron chi connectivity index (χ3n) is 1.32. The highest BCUT2D eigenvalue weighted by molar-refractivity contribution is 5.94. The molecule has 2 heteroatoms. The fraction of sp³-hybridized carbons (Fsp3) is 0.625. The van der Waals surface area contributed by atoms with Gasteiger partial charge in [0, 0.05) is 0 Å². The summed E-state index contributed by atoms with van der Waals surface area (Å²) in [5.41, 5.74) is 6.31. The van der Waals surface area contributed by atoms with Crippen molar-refractivity contribution in [2.45, 2.75) is 33.1 Å². The van der Waals surface area contributed by atoms with Crippen LogP contribution in [-0.2, 0) is 0 Å². The number of nitrogens with two attached hydrogens (primary N) is 1. The second kappa shape index (κ2) is 5.03. The monoisotopic (exact) mass is 140 g/mol. The highest BCUT2D eigenvalue weighted by Gasteiger charge is 1.96. The van der Waals surface area contributed by atoms with Crippen LogP contribution in [0.2, 0.25) is 0 Å². The lowest BCUT2D eigenvalue weighted by Crippen LogP contribution is -2.12. The van der Waals surface area contributed by atoms with Crippen molar-refractivity contribution in [2.75, 3.05) is 0 Å². The van der Waals surface area contributed by atoms with Crippen molar-refractivity contribution in [3.63, 3.8) is 0 Å². The first-order valence-electron chi connectivity index (χ1n) is 3.75. The molecule has 0 saturated carbocycles. The Morgan fingerprint density at radius 2 is 2.10 bits per heavy atom. The summed E-state index contributed by atoms with van der Waals surface area (Å²) in [5, 5.41) is 7.17. The van der Waals surface area contributed by atoms with Gasteiger partial charge in [0.1, 0.15) is 5.84 Å². The first kappa shape index (κ1) is 9.21. The van der Waals surface area contributed by atoms with E-state index in [1.807, 2.05) is 6.08 Å². The van der Waals surface area contributed by atoms with Crippen molar-refractivity contribution < 1.29 is 0 Å². The maximum absolute atomic E-state index is 7.17. The van der Waals surface area contributed by atoms with Gasteiger partial charge in [0.25, 0.3) is 0 Å². The van der Waals surface area contributed by atoms with E-state index in [0.717, 1.165) is 24.8 Å². The van der Waals surface area contributed by atoms with E-state index in [9.17, 15) is 0 Å². The van der Waals surface area contributed by atoms with E-state index >= 15 is 0 Å². The lowest BCUT2D eigenvalue weighted by molar-refractivity contribution is 0.923. The summed E-state index contributed by atoms with van der Waals surface area (Å²) in [6, 6.07) is 0. The molecule has 0 rings (SSSR count). The van der Waals surface area contributed by atoms with E-state index in [1.165, 1.54) is 0 Å². The molecule has 0 fully saturated rings. The molecule has 0 amide bonds. The zero-order chi connectivity index (χ0) is 7.98. The molecule has 0 aliphatic carbocycles. The molecule has 0 spiro atoms. The maximum atomic E-state index is 7.17. The second-order valence-electron chi connectivity index (χ2n) is 2.30. The fourth-order valence-electron chi connectivity index (χ4n) is 0.862. The van der Waals surface area contributed by atoms with Gasteiger partial charge in [-0.3, -0.25) is 5.41 Å². The van der Waals surface area contributed by atoms with Crippen LogP contribution in [0.15, 0.2) is 11.6 Å². The van der Waals surface area contributed by atoms with Crippen LogP contribution in [0.4, 0.5) is 0 Å². The minimum absolute atomic E-state index is 0.226. The molecule has 0 unspecified atom stereocenters. The summed E-state index contributed by atoms with van der Waals surface area (Å²) in [7, 11) is 0. The molecule has 0 aliphatic heterocycles. The lowest BCUT2D eigenvalue weighted by Gasteiger charge is -2.01. The van der Waals surface area contributed by atoms with Gasteiger partial charge in [-0.1, -0.05) is 26.3 Å². The van der Waals surface area contributed by atoms with Crippen LogP contribution in [0, 0.1) is 5.41 Å². The molecule has 0 atom stereocenters. The third-order valence-corrected chi connectivity index (χ3v) is 1.32.